The van der Waals surface area contributed by atoms with Gasteiger partial charge in [-0.3, -0.25) is 0 Å². The lowest BCUT2D eigenvalue weighted by molar-refractivity contribution is 1.04. The molecule has 6 aromatic rings. The second-order valence-electron chi connectivity index (χ2n) is 10.6. The fourth-order valence-corrected chi connectivity index (χ4v) is 16.5. The van der Waals surface area contributed by atoms with E-state index in [0.29, 0.717) is 17.2 Å². The maximum atomic E-state index is 2.36. The molecule has 6 rings (SSSR count). The molecule has 0 bridgehead atoms. The van der Waals surface area contributed by atoms with E-state index >= 15 is 0 Å². The van der Waals surface area contributed by atoms with E-state index in [4.69, 9.17) is 0 Å². The Morgan fingerprint density at radius 2 is 0.558 bits per heavy atom. The Morgan fingerprint density at radius 1 is 0.326 bits per heavy atom. The zero-order valence-corrected chi connectivity index (χ0v) is 27.9. The normalized spacial score (nSPS) is 12.1. The smallest absolute Gasteiger partial charge is 0.0222 e. The number of hydrogen-bond donors (Lipinski definition) is 0. The van der Waals surface area contributed by atoms with Crippen LogP contribution in [0.3, 0.4) is 0 Å². The molecular formula is C39H36P4. The molecular weight excluding hydrogens is 592 g/mol. The Labute approximate surface area is 263 Å². The molecule has 0 fully saturated rings. The van der Waals surface area contributed by atoms with Gasteiger partial charge in [-0.25, -0.2) is 0 Å². The highest BCUT2D eigenvalue weighted by Crippen LogP contribution is 2.58. The molecule has 0 heterocycles. The Balaban J connectivity index is 1.53. The van der Waals surface area contributed by atoms with E-state index in [1.165, 1.54) is 31.8 Å². The summed E-state index contributed by atoms with van der Waals surface area (Å²) in [5.41, 5.74) is 0. The molecule has 0 saturated carbocycles. The summed E-state index contributed by atoms with van der Waals surface area (Å²) in [4.78, 5) is 0.0808. The topological polar surface area (TPSA) is 0 Å². The van der Waals surface area contributed by atoms with Crippen molar-refractivity contribution in [3.8, 4) is 0 Å². The minimum atomic E-state index is -0.575. The highest BCUT2D eigenvalue weighted by Gasteiger charge is 2.38. The van der Waals surface area contributed by atoms with E-state index in [9.17, 15) is 0 Å². The summed E-state index contributed by atoms with van der Waals surface area (Å²) in [6, 6.07) is 67.8. The molecule has 0 amide bonds. The van der Waals surface area contributed by atoms with Gasteiger partial charge in [-0.1, -0.05) is 199 Å². The van der Waals surface area contributed by atoms with E-state index in [-0.39, 0.29) is 4.90 Å². The molecule has 0 aromatic heterocycles. The molecule has 6 aromatic carbocycles. The van der Waals surface area contributed by atoms with Crippen LogP contribution in [0, 0.1) is 0 Å². The van der Waals surface area contributed by atoms with E-state index in [2.05, 4.69) is 182 Å². The average Bonchev–Trinajstić information content (AvgIpc) is 3.09. The van der Waals surface area contributed by atoms with Gasteiger partial charge in [0.25, 0.3) is 0 Å². The minimum absolute atomic E-state index is 0.0808. The summed E-state index contributed by atoms with van der Waals surface area (Å²) in [5.74, 6) is 0. The van der Waals surface area contributed by atoms with Gasteiger partial charge in [0.2, 0.25) is 0 Å². The zero-order chi connectivity index (χ0) is 29.2. The van der Waals surface area contributed by atoms with Crippen LogP contribution in [0.15, 0.2) is 182 Å². The largest absolute Gasteiger partial charge is 0.0787 e. The van der Waals surface area contributed by atoms with Crippen molar-refractivity contribution in [2.24, 2.45) is 0 Å². The summed E-state index contributed by atoms with van der Waals surface area (Å²) in [5, 5.41) is 8.77. The van der Waals surface area contributed by atoms with Gasteiger partial charge in [-0.05, 0) is 60.0 Å². The minimum Gasteiger partial charge on any atom is -0.0787 e. The van der Waals surface area contributed by atoms with Gasteiger partial charge in [0.1, 0.15) is 0 Å². The molecule has 0 nitrogen and oxygen atoms in total. The monoisotopic (exact) mass is 628 g/mol. The van der Waals surface area contributed by atoms with E-state index in [0.717, 1.165) is 12.3 Å². The first kappa shape index (κ1) is 30.1. The molecule has 43 heavy (non-hydrogen) atoms. The van der Waals surface area contributed by atoms with Crippen molar-refractivity contribution in [3.05, 3.63) is 182 Å². The molecule has 0 spiro atoms. The van der Waals surface area contributed by atoms with Gasteiger partial charge in [0.15, 0.2) is 0 Å². The lowest BCUT2D eigenvalue weighted by Crippen LogP contribution is -2.36. The van der Waals surface area contributed by atoms with Gasteiger partial charge in [0.05, 0.1) is 0 Å². The van der Waals surface area contributed by atoms with Crippen molar-refractivity contribution in [3.63, 3.8) is 0 Å². The van der Waals surface area contributed by atoms with Gasteiger partial charge in [-0.15, -0.1) is 0 Å². The average molecular weight is 629 g/mol. The van der Waals surface area contributed by atoms with Gasteiger partial charge >= 0.3 is 0 Å². The summed E-state index contributed by atoms with van der Waals surface area (Å²) in [7, 11) is 0.252. The van der Waals surface area contributed by atoms with Crippen molar-refractivity contribution in [1.29, 1.82) is 0 Å². The second kappa shape index (κ2) is 15.2. The molecule has 0 aliphatic carbocycles. The molecule has 2 unspecified atom stereocenters. The molecule has 212 valence electrons. The molecule has 0 saturated heterocycles. The highest BCUT2D eigenvalue weighted by molar-refractivity contribution is 7.79. The predicted octanol–water partition coefficient (Wildman–Crippen LogP) is 7.96. The zero-order valence-electron chi connectivity index (χ0n) is 24.1. The molecule has 0 N–H and O–H groups in total. The van der Waals surface area contributed by atoms with Crippen LogP contribution < -0.4 is 31.8 Å². The van der Waals surface area contributed by atoms with Crippen LogP contribution >= 0.6 is 33.0 Å². The molecule has 0 aliphatic heterocycles. The fraction of sp³-hybridized carbons (Fsp3) is 0.0769. The Hall–Kier alpha value is -2.96. The van der Waals surface area contributed by atoms with Gasteiger partial charge in [0, 0.05) is 4.90 Å². The second-order valence-corrected chi connectivity index (χ2v) is 19.1. The molecule has 0 aliphatic rings. The predicted molar refractivity (Wildman–Crippen MR) is 199 cm³/mol. The Bertz CT molecular complexity index is 1440. The van der Waals surface area contributed by atoms with Gasteiger partial charge < -0.3 is 0 Å². The molecule has 2 atom stereocenters. The van der Waals surface area contributed by atoms with Crippen molar-refractivity contribution in [2.75, 3.05) is 12.3 Å². The van der Waals surface area contributed by atoms with Gasteiger partial charge in [-0.2, -0.15) is 0 Å². The summed E-state index contributed by atoms with van der Waals surface area (Å²) < 4.78 is 0. The lowest BCUT2D eigenvalue weighted by atomic mass is 10.4. The maximum absolute atomic E-state index is 2.36. The van der Waals surface area contributed by atoms with Crippen LogP contribution in [0.4, 0.5) is 0 Å². The van der Waals surface area contributed by atoms with Crippen LogP contribution in [0.25, 0.3) is 0 Å². The highest BCUT2D eigenvalue weighted by atomic mass is 31.1. The number of benzene rings is 6. The summed E-state index contributed by atoms with van der Waals surface area (Å²) in [6.07, 6.45) is 2.30. The third kappa shape index (κ3) is 8.16. The fourth-order valence-electron chi connectivity index (χ4n) is 5.47. The molecule has 0 radical (unpaired) electrons. The van der Waals surface area contributed by atoms with Crippen LogP contribution in [-0.2, 0) is 0 Å². The number of rotatable bonds is 12. The first-order chi connectivity index (χ1) is 21.3. The SMILES string of the molecule is c1ccc(PC(CP(c2ccccc2)c2ccccc2)(CP(c2ccccc2)c2ccccc2)Pc2ccccc2)cc1. The van der Waals surface area contributed by atoms with Crippen molar-refractivity contribution >= 4 is 64.8 Å². The van der Waals surface area contributed by atoms with Crippen molar-refractivity contribution < 1.29 is 0 Å². The lowest BCUT2D eigenvalue weighted by Gasteiger charge is -2.41. The standard InChI is InChI=1S/C39H36P4/c1-7-19-33(20-8-1)40-39(41-34-21-9-2-10-22-34,31-42(35-23-11-3-12-24-35)36-25-13-4-14-26-36)32-43(37-27-15-5-16-28-37)38-29-17-6-18-30-38/h1-30,40-41H,31-32H2. The molecule has 4 heteroatoms. The Morgan fingerprint density at radius 3 is 0.814 bits per heavy atom. The third-order valence-corrected chi connectivity index (χ3v) is 17.7. The van der Waals surface area contributed by atoms with E-state index in [1.54, 1.807) is 0 Å². The number of hydrogen-bond acceptors (Lipinski definition) is 0. The van der Waals surface area contributed by atoms with Crippen LogP contribution in [-0.4, -0.2) is 17.2 Å². The van der Waals surface area contributed by atoms with Crippen LogP contribution in [0.2, 0.25) is 0 Å². The Kier molecular flexibility index (Phi) is 10.6. The first-order valence-electron chi connectivity index (χ1n) is 14.7. The van der Waals surface area contributed by atoms with E-state index < -0.39 is 15.8 Å². The summed E-state index contributed by atoms with van der Waals surface area (Å²) in [6.45, 7) is 0. The van der Waals surface area contributed by atoms with Crippen LogP contribution in [0.5, 0.6) is 0 Å². The third-order valence-electron chi connectivity index (χ3n) is 7.44. The summed E-state index contributed by atoms with van der Waals surface area (Å²) >= 11 is 0. The van der Waals surface area contributed by atoms with E-state index in [1.807, 2.05) is 0 Å². The van der Waals surface area contributed by atoms with Crippen LogP contribution in [0.1, 0.15) is 0 Å². The first-order valence-corrected chi connectivity index (χ1v) is 19.8. The quantitative estimate of drug-likeness (QED) is 0.121. The van der Waals surface area contributed by atoms with Crippen molar-refractivity contribution in [2.45, 2.75) is 4.90 Å². The maximum Gasteiger partial charge on any atom is 0.0222 e. The van der Waals surface area contributed by atoms with Crippen molar-refractivity contribution in [1.82, 2.24) is 0 Å².